The second kappa shape index (κ2) is 4.86. The van der Waals surface area contributed by atoms with Gasteiger partial charge in [-0.1, -0.05) is 17.7 Å². The molecule has 5 nitrogen and oxygen atoms in total. The third-order valence-corrected chi connectivity index (χ3v) is 3.07. The normalized spacial score (nSPS) is 10.7. The molecule has 20 heavy (non-hydrogen) atoms. The van der Waals surface area contributed by atoms with Crippen LogP contribution in [0.3, 0.4) is 0 Å². The summed E-state index contributed by atoms with van der Waals surface area (Å²) in [4.78, 5) is 18.0. The van der Waals surface area contributed by atoms with E-state index in [2.05, 4.69) is 9.97 Å². The van der Waals surface area contributed by atoms with Crippen LogP contribution in [-0.2, 0) is 0 Å². The van der Waals surface area contributed by atoms with E-state index in [0.717, 1.165) is 10.9 Å². The average Bonchev–Trinajstić information content (AvgIpc) is 2.76. The number of nitrogens with one attached hydrogen (secondary N) is 1. The van der Waals surface area contributed by atoms with Gasteiger partial charge in [0.1, 0.15) is 0 Å². The largest absolute Gasteiger partial charge is 0.512 e. The number of carbonyl (C=O) groups is 1. The van der Waals surface area contributed by atoms with E-state index in [1.807, 2.05) is 6.07 Å². The molecule has 0 fully saturated rings. The molecule has 2 N–H and O–H groups in total. The Balaban J connectivity index is 2.30. The Labute approximate surface area is 118 Å². The first-order chi connectivity index (χ1) is 9.65. The van der Waals surface area contributed by atoms with Gasteiger partial charge in [0.05, 0.1) is 11.3 Å². The second-order valence-electron chi connectivity index (χ2n) is 4.10. The molecule has 0 atom stereocenters. The number of fused-ring (bicyclic) bond motifs is 1. The molecule has 100 valence electrons. The van der Waals surface area contributed by atoms with Crippen LogP contribution in [0.1, 0.15) is 0 Å². The minimum absolute atomic E-state index is 0.133. The first-order valence-electron chi connectivity index (χ1n) is 5.78. The number of H-pyrrole nitrogens is 1. The fourth-order valence-electron chi connectivity index (χ4n) is 2.07. The zero-order chi connectivity index (χ0) is 14.1. The van der Waals surface area contributed by atoms with E-state index >= 15 is 0 Å². The minimum Gasteiger partial charge on any atom is -0.449 e. The quantitative estimate of drug-likeness (QED) is 0.700. The van der Waals surface area contributed by atoms with E-state index < -0.39 is 6.16 Å². The Morgan fingerprint density at radius 3 is 2.85 bits per heavy atom. The van der Waals surface area contributed by atoms with Crippen LogP contribution in [0, 0.1) is 0 Å². The number of rotatable bonds is 2. The first-order valence-corrected chi connectivity index (χ1v) is 6.16. The van der Waals surface area contributed by atoms with E-state index in [-0.39, 0.29) is 5.88 Å². The Morgan fingerprint density at radius 2 is 2.15 bits per heavy atom. The van der Waals surface area contributed by atoms with Crippen molar-refractivity contribution in [1.82, 2.24) is 9.97 Å². The Bertz CT molecular complexity index is 784. The summed E-state index contributed by atoms with van der Waals surface area (Å²) in [6.45, 7) is 0. The maximum Gasteiger partial charge on any atom is 0.512 e. The molecule has 3 rings (SSSR count). The van der Waals surface area contributed by atoms with E-state index in [4.69, 9.17) is 21.4 Å². The van der Waals surface area contributed by atoms with Crippen LogP contribution >= 0.6 is 11.6 Å². The van der Waals surface area contributed by atoms with Crippen molar-refractivity contribution in [3.63, 3.8) is 0 Å². The highest BCUT2D eigenvalue weighted by atomic mass is 35.5. The summed E-state index contributed by atoms with van der Waals surface area (Å²) in [6, 6.07) is 10.6. The Hall–Kier alpha value is -2.53. The van der Waals surface area contributed by atoms with Gasteiger partial charge >= 0.3 is 6.16 Å². The maximum atomic E-state index is 10.8. The molecule has 0 saturated carbocycles. The SMILES string of the molecule is O=C(O)Oc1[nH]c2ccc(Cl)cc2c1-c1ccccn1. The zero-order valence-corrected chi connectivity index (χ0v) is 10.9. The van der Waals surface area contributed by atoms with Crippen LogP contribution in [0.15, 0.2) is 42.6 Å². The van der Waals surface area contributed by atoms with Gasteiger partial charge in [-0.05, 0) is 30.3 Å². The third-order valence-electron chi connectivity index (χ3n) is 2.84. The average molecular weight is 289 g/mol. The van der Waals surface area contributed by atoms with Gasteiger partial charge in [-0.2, -0.15) is 0 Å². The van der Waals surface area contributed by atoms with Gasteiger partial charge in [-0.3, -0.25) is 4.98 Å². The molecule has 2 heterocycles. The standard InChI is InChI=1S/C14H9ClN2O3/c15-8-4-5-10-9(7-8)12(11-3-1-2-6-16-11)13(17-10)20-14(18)19/h1-7,17H,(H,18,19). The number of aromatic nitrogens is 2. The molecule has 0 aliphatic heterocycles. The van der Waals surface area contributed by atoms with Crippen LogP contribution in [-0.4, -0.2) is 21.2 Å². The number of aromatic amines is 1. The number of halogens is 1. The monoisotopic (exact) mass is 288 g/mol. The van der Waals surface area contributed by atoms with Crippen molar-refractivity contribution in [2.45, 2.75) is 0 Å². The lowest BCUT2D eigenvalue weighted by molar-refractivity contribution is 0.143. The fourth-order valence-corrected chi connectivity index (χ4v) is 2.24. The Morgan fingerprint density at radius 1 is 1.30 bits per heavy atom. The molecule has 0 unspecified atom stereocenters. The molecule has 0 spiro atoms. The smallest absolute Gasteiger partial charge is 0.449 e. The van der Waals surface area contributed by atoms with Crippen molar-refractivity contribution in [1.29, 1.82) is 0 Å². The van der Waals surface area contributed by atoms with Crippen LogP contribution in [0.5, 0.6) is 5.88 Å². The van der Waals surface area contributed by atoms with Gasteiger partial charge < -0.3 is 14.8 Å². The number of hydrogen-bond donors (Lipinski definition) is 2. The van der Waals surface area contributed by atoms with Crippen molar-refractivity contribution in [2.75, 3.05) is 0 Å². The highest BCUT2D eigenvalue weighted by Gasteiger charge is 2.18. The molecular formula is C14H9ClN2O3. The van der Waals surface area contributed by atoms with E-state index in [1.165, 1.54) is 0 Å². The summed E-state index contributed by atoms with van der Waals surface area (Å²) in [7, 11) is 0. The number of hydrogen-bond acceptors (Lipinski definition) is 3. The summed E-state index contributed by atoms with van der Waals surface area (Å²) in [6.07, 6.45) is 0.239. The zero-order valence-electron chi connectivity index (χ0n) is 10.1. The lowest BCUT2D eigenvalue weighted by Gasteiger charge is -2.02. The van der Waals surface area contributed by atoms with E-state index in [0.29, 0.717) is 16.3 Å². The Kier molecular flexibility index (Phi) is 3.04. The van der Waals surface area contributed by atoms with Crippen LogP contribution < -0.4 is 4.74 Å². The first kappa shape index (κ1) is 12.5. The summed E-state index contributed by atoms with van der Waals surface area (Å²) >= 11 is 6.00. The molecule has 1 aromatic carbocycles. The summed E-state index contributed by atoms with van der Waals surface area (Å²) in [5.41, 5.74) is 1.91. The minimum atomic E-state index is -1.39. The molecule has 0 aliphatic rings. The predicted molar refractivity (Wildman–Crippen MR) is 75.2 cm³/mol. The summed E-state index contributed by atoms with van der Waals surface area (Å²) in [5.74, 6) is 0.133. The molecule has 0 radical (unpaired) electrons. The number of carboxylic acid groups (broad SMARTS) is 1. The molecule has 0 saturated heterocycles. The lowest BCUT2D eigenvalue weighted by Crippen LogP contribution is -2.04. The number of ether oxygens (including phenoxy) is 1. The number of benzene rings is 1. The van der Waals surface area contributed by atoms with Crippen LogP contribution in [0.25, 0.3) is 22.2 Å². The topological polar surface area (TPSA) is 75.2 Å². The molecule has 6 heteroatoms. The van der Waals surface area contributed by atoms with Crippen molar-refractivity contribution in [2.24, 2.45) is 0 Å². The van der Waals surface area contributed by atoms with E-state index in [1.54, 1.807) is 36.5 Å². The highest BCUT2D eigenvalue weighted by molar-refractivity contribution is 6.31. The molecule has 0 amide bonds. The maximum absolute atomic E-state index is 10.8. The third kappa shape index (κ3) is 2.19. The van der Waals surface area contributed by atoms with Crippen molar-refractivity contribution in [3.8, 4) is 17.1 Å². The van der Waals surface area contributed by atoms with Crippen molar-refractivity contribution >= 4 is 28.7 Å². The number of nitrogens with zero attached hydrogens (tertiary/aromatic N) is 1. The van der Waals surface area contributed by atoms with Gasteiger partial charge in [0.25, 0.3) is 0 Å². The van der Waals surface area contributed by atoms with Crippen molar-refractivity contribution < 1.29 is 14.6 Å². The second-order valence-corrected chi connectivity index (χ2v) is 4.54. The van der Waals surface area contributed by atoms with Gasteiger partial charge in [-0.15, -0.1) is 0 Å². The highest BCUT2D eigenvalue weighted by Crippen LogP contribution is 2.37. The van der Waals surface area contributed by atoms with Gasteiger partial charge in [-0.25, -0.2) is 4.79 Å². The van der Waals surface area contributed by atoms with Gasteiger partial charge in [0, 0.05) is 22.1 Å². The molecule has 0 aliphatic carbocycles. The summed E-state index contributed by atoms with van der Waals surface area (Å²) < 4.78 is 4.80. The molecule has 3 aromatic rings. The lowest BCUT2D eigenvalue weighted by atomic mass is 10.1. The fraction of sp³-hybridized carbons (Fsp3) is 0. The summed E-state index contributed by atoms with van der Waals surface area (Å²) in [5, 5.41) is 10.1. The number of pyridine rings is 1. The van der Waals surface area contributed by atoms with Crippen LogP contribution in [0.4, 0.5) is 4.79 Å². The molecule has 2 aromatic heterocycles. The predicted octanol–water partition coefficient (Wildman–Crippen LogP) is 3.94. The van der Waals surface area contributed by atoms with E-state index in [9.17, 15) is 4.79 Å². The van der Waals surface area contributed by atoms with Gasteiger partial charge in [0.15, 0.2) is 0 Å². The molecular weight excluding hydrogens is 280 g/mol. The van der Waals surface area contributed by atoms with Crippen molar-refractivity contribution in [3.05, 3.63) is 47.6 Å². The molecule has 0 bridgehead atoms. The van der Waals surface area contributed by atoms with Crippen LogP contribution in [0.2, 0.25) is 5.02 Å². The van der Waals surface area contributed by atoms with Gasteiger partial charge in [0.2, 0.25) is 5.88 Å².